The van der Waals surface area contributed by atoms with E-state index in [1.54, 1.807) is 12.3 Å². The lowest BCUT2D eigenvalue weighted by molar-refractivity contribution is 0.0995. The van der Waals surface area contributed by atoms with E-state index in [-0.39, 0.29) is 0 Å². The van der Waals surface area contributed by atoms with E-state index in [9.17, 15) is 4.79 Å². The number of rotatable bonds is 4. The average Bonchev–Trinajstić information content (AvgIpc) is 2.18. The highest BCUT2D eigenvalue weighted by Crippen LogP contribution is 2.09. The molecule has 0 fully saturated rings. The summed E-state index contributed by atoms with van der Waals surface area (Å²) in [5.41, 5.74) is 6.28. The maximum absolute atomic E-state index is 10.8. The smallest absolute Gasteiger partial charge is 0.267 e. The van der Waals surface area contributed by atoms with Gasteiger partial charge in [0.1, 0.15) is 5.69 Å². The van der Waals surface area contributed by atoms with E-state index in [1.165, 1.54) is 0 Å². The molecule has 14 heavy (non-hydrogen) atoms. The first-order valence-electron chi connectivity index (χ1n) is 4.66. The van der Waals surface area contributed by atoms with Gasteiger partial charge in [-0.1, -0.05) is 6.92 Å². The molecule has 1 heterocycles. The zero-order chi connectivity index (χ0) is 10.6. The number of anilines is 1. The molecule has 0 aliphatic carbocycles. The van der Waals surface area contributed by atoms with Crippen molar-refractivity contribution < 1.29 is 4.79 Å². The number of carbonyl (C=O) groups excluding carboxylic acids is 1. The summed E-state index contributed by atoms with van der Waals surface area (Å²) < 4.78 is 0. The molecule has 1 aromatic rings. The second-order valence-corrected chi connectivity index (χ2v) is 3.25. The number of amides is 1. The van der Waals surface area contributed by atoms with Gasteiger partial charge in [0.2, 0.25) is 0 Å². The van der Waals surface area contributed by atoms with Gasteiger partial charge in [-0.15, -0.1) is 0 Å². The van der Waals surface area contributed by atoms with Gasteiger partial charge < -0.3 is 11.1 Å². The standard InChI is InChI=1S/C10H15N3O/c1-3-7(2)13-8-4-5-12-9(6-8)10(11)14/h4-7H,3H2,1-2H3,(H2,11,14)(H,12,13). The fourth-order valence-electron chi connectivity index (χ4n) is 1.04. The molecule has 1 amide bonds. The highest BCUT2D eigenvalue weighted by Gasteiger charge is 2.04. The van der Waals surface area contributed by atoms with Crippen molar-refractivity contribution in [1.29, 1.82) is 0 Å². The minimum Gasteiger partial charge on any atom is -0.382 e. The van der Waals surface area contributed by atoms with Gasteiger partial charge in [-0.25, -0.2) is 0 Å². The van der Waals surface area contributed by atoms with Crippen LogP contribution in [-0.4, -0.2) is 16.9 Å². The van der Waals surface area contributed by atoms with E-state index in [2.05, 4.69) is 24.1 Å². The first kappa shape index (κ1) is 10.5. The number of aromatic nitrogens is 1. The van der Waals surface area contributed by atoms with Crippen molar-refractivity contribution in [2.75, 3.05) is 5.32 Å². The summed E-state index contributed by atoms with van der Waals surface area (Å²) in [5.74, 6) is -0.502. The number of carbonyl (C=O) groups is 1. The Hall–Kier alpha value is -1.58. The van der Waals surface area contributed by atoms with Crippen LogP contribution in [0.5, 0.6) is 0 Å². The summed E-state index contributed by atoms with van der Waals surface area (Å²) in [4.78, 5) is 14.7. The fourth-order valence-corrected chi connectivity index (χ4v) is 1.04. The van der Waals surface area contributed by atoms with Crippen LogP contribution in [0, 0.1) is 0 Å². The van der Waals surface area contributed by atoms with E-state index in [1.807, 2.05) is 6.07 Å². The van der Waals surface area contributed by atoms with Gasteiger partial charge in [0.05, 0.1) is 0 Å². The predicted octanol–water partition coefficient (Wildman–Crippen LogP) is 1.39. The molecule has 0 saturated carbocycles. The highest BCUT2D eigenvalue weighted by molar-refractivity contribution is 5.91. The second kappa shape index (κ2) is 4.60. The van der Waals surface area contributed by atoms with Crippen molar-refractivity contribution in [2.45, 2.75) is 26.3 Å². The van der Waals surface area contributed by atoms with Crippen LogP contribution in [0.4, 0.5) is 5.69 Å². The first-order valence-corrected chi connectivity index (χ1v) is 4.66. The molecular formula is C10H15N3O. The molecule has 0 aliphatic heterocycles. The minimum atomic E-state index is -0.502. The molecule has 0 bridgehead atoms. The van der Waals surface area contributed by atoms with Gasteiger partial charge in [0.25, 0.3) is 5.91 Å². The Labute approximate surface area is 83.5 Å². The van der Waals surface area contributed by atoms with Gasteiger partial charge in [-0.3, -0.25) is 9.78 Å². The third kappa shape index (κ3) is 2.73. The number of pyridine rings is 1. The number of hydrogen-bond donors (Lipinski definition) is 2. The van der Waals surface area contributed by atoms with Crippen LogP contribution in [0.25, 0.3) is 0 Å². The van der Waals surface area contributed by atoms with Crippen LogP contribution in [0.3, 0.4) is 0 Å². The Kier molecular flexibility index (Phi) is 3.45. The molecule has 1 atom stereocenters. The fraction of sp³-hybridized carbons (Fsp3) is 0.400. The molecule has 1 rings (SSSR count). The van der Waals surface area contributed by atoms with E-state index in [4.69, 9.17) is 5.73 Å². The third-order valence-electron chi connectivity index (χ3n) is 2.04. The Morgan fingerprint density at radius 2 is 2.43 bits per heavy atom. The molecular weight excluding hydrogens is 178 g/mol. The SMILES string of the molecule is CCC(C)Nc1ccnc(C(N)=O)c1. The molecule has 4 nitrogen and oxygen atoms in total. The lowest BCUT2D eigenvalue weighted by atomic mass is 10.2. The monoisotopic (exact) mass is 193 g/mol. The maximum Gasteiger partial charge on any atom is 0.267 e. The summed E-state index contributed by atoms with van der Waals surface area (Å²) in [6.07, 6.45) is 2.60. The third-order valence-corrected chi connectivity index (χ3v) is 2.04. The molecule has 0 spiro atoms. The van der Waals surface area contributed by atoms with Crippen molar-refractivity contribution in [3.63, 3.8) is 0 Å². The number of nitrogens with two attached hydrogens (primary N) is 1. The van der Waals surface area contributed by atoms with Crippen molar-refractivity contribution in [1.82, 2.24) is 4.98 Å². The van der Waals surface area contributed by atoms with Crippen molar-refractivity contribution in [3.8, 4) is 0 Å². The second-order valence-electron chi connectivity index (χ2n) is 3.25. The maximum atomic E-state index is 10.8. The molecule has 0 radical (unpaired) electrons. The van der Waals surface area contributed by atoms with E-state index >= 15 is 0 Å². The lowest BCUT2D eigenvalue weighted by Crippen LogP contribution is -2.16. The van der Waals surface area contributed by atoms with Gasteiger partial charge >= 0.3 is 0 Å². The molecule has 1 aromatic heterocycles. The Balaban J connectivity index is 2.78. The van der Waals surface area contributed by atoms with Crippen molar-refractivity contribution >= 4 is 11.6 Å². The Morgan fingerprint density at radius 3 is 3.00 bits per heavy atom. The van der Waals surface area contributed by atoms with Gasteiger partial charge in [0.15, 0.2) is 0 Å². The average molecular weight is 193 g/mol. The molecule has 1 unspecified atom stereocenters. The predicted molar refractivity (Wildman–Crippen MR) is 56.1 cm³/mol. The minimum absolute atomic E-state index is 0.290. The van der Waals surface area contributed by atoms with Gasteiger partial charge in [-0.2, -0.15) is 0 Å². The van der Waals surface area contributed by atoms with E-state index in [0.717, 1.165) is 12.1 Å². The van der Waals surface area contributed by atoms with E-state index < -0.39 is 5.91 Å². The Bertz CT molecular complexity index is 325. The molecule has 76 valence electrons. The van der Waals surface area contributed by atoms with Crippen LogP contribution >= 0.6 is 0 Å². The van der Waals surface area contributed by atoms with Gasteiger partial charge in [-0.05, 0) is 25.5 Å². The van der Waals surface area contributed by atoms with Crippen LogP contribution in [0.2, 0.25) is 0 Å². The molecule has 0 aromatic carbocycles. The summed E-state index contributed by atoms with van der Waals surface area (Å²) in [6, 6.07) is 3.85. The van der Waals surface area contributed by atoms with Gasteiger partial charge in [0, 0.05) is 17.9 Å². The number of primary amides is 1. The first-order chi connectivity index (χ1) is 6.63. The number of nitrogens with one attached hydrogen (secondary N) is 1. The van der Waals surface area contributed by atoms with Crippen LogP contribution in [-0.2, 0) is 0 Å². The molecule has 0 saturated heterocycles. The summed E-state index contributed by atoms with van der Waals surface area (Å²) in [5, 5.41) is 3.24. The van der Waals surface area contributed by atoms with Crippen molar-refractivity contribution in [3.05, 3.63) is 24.0 Å². The molecule has 4 heteroatoms. The lowest BCUT2D eigenvalue weighted by Gasteiger charge is -2.12. The number of nitrogens with zero attached hydrogens (tertiary/aromatic N) is 1. The quantitative estimate of drug-likeness (QED) is 0.759. The summed E-state index contributed by atoms with van der Waals surface area (Å²) in [7, 11) is 0. The van der Waals surface area contributed by atoms with Crippen LogP contribution in [0.1, 0.15) is 30.8 Å². The van der Waals surface area contributed by atoms with E-state index in [0.29, 0.717) is 11.7 Å². The van der Waals surface area contributed by atoms with Crippen LogP contribution < -0.4 is 11.1 Å². The Morgan fingerprint density at radius 1 is 1.71 bits per heavy atom. The summed E-state index contributed by atoms with van der Waals surface area (Å²) in [6.45, 7) is 4.16. The van der Waals surface area contributed by atoms with Crippen molar-refractivity contribution in [2.24, 2.45) is 5.73 Å². The normalized spacial score (nSPS) is 12.1. The molecule has 3 N–H and O–H groups in total. The number of hydrogen-bond acceptors (Lipinski definition) is 3. The molecule has 0 aliphatic rings. The highest BCUT2D eigenvalue weighted by atomic mass is 16.1. The topological polar surface area (TPSA) is 68.0 Å². The summed E-state index contributed by atoms with van der Waals surface area (Å²) >= 11 is 0. The van der Waals surface area contributed by atoms with Crippen LogP contribution in [0.15, 0.2) is 18.3 Å². The zero-order valence-electron chi connectivity index (χ0n) is 8.45. The largest absolute Gasteiger partial charge is 0.382 e. The zero-order valence-corrected chi connectivity index (χ0v) is 8.45.